The third-order valence-electron chi connectivity index (χ3n) is 7.24. The second-order valence-corrected chi connectivity index (χ2v) is 14.7. The van der Waals surface area contributed by atoms with Crippen LogP contribution in [0.3, 0.4) is 0 Å². The van der Waals surface area contributed by atoms with Gasteiger partial charge in [0.05, 0.1) is 0 Å². The minimum absolute atomic E-state index is 0.359. The van der Waals surface area contributed by atoms with Crippen molar-refractivity contribution < 1.29 is 0 Å². The Kier molecular flexibility index (Phi) is 12.9. The Morgan fingerprint density at radius 3 is 1.32 bits per heavy atom. The van der Waals surface area contributed by atoms with E-state index in [1.807, 2.05) is 0 Å². The number of hydrogen-bond donors (Lipinski definition) is 2. The maximum Gasteiger partial charge on any atom is -0.00462 e. The molecule has 0 aliphatic carbocycles. The predicted molar refractivity (Wildman–Crippen MR) is 142 cm³/mol. The fourth-order valence-electron chi connectivity index (χ4n) is 6.38. The van der Waals surface area contributed by atoms with Gasteiger partial charge in [-0.25, -0.2) is 0 Å². The van der Waals surface area contributed by atoms with E-state index < -0.39 is 0 Å². The van der Waals surface area contributed by atoms with Crippen molar-refractivity contribution >= 4 is 0 Å². The van der Waals surface area contributed by atoms with Gasteiger partial charge in [-0.1, -0.05) is 83.1 Å². The molecule has 0 rings (SSSR count). The summed E-state index contributed by atoms with van der Waals surface area (Å²) in [7, 11) is 0. The first kappa shape index (κ1) is 30.9. The highest BCUT2D eigenvalue weighted by molar-refractivity contribution is 4.86. The van der Waals surface area contributed by atoms with E-state index in [-0.39, 0.29) is 0 Å². The zero-order valence-corrected chi connectivity index (χ0v) is 23.8. The van der Waals surface area contributed by atoms with Crippen molar-refractivity contribution in [1.82, 2.24) is 0 Å². The molecule has 0 heterocycles. The van der Waals surface area contributed by atoms with E-state index >= 15 is 0 Å². The largest absolute Gasteiger partial charge is 0.330 e. The summed E-state index contributed by atoms with van der Waals surface area (Å²) >= 11 is 0. The van der Waals surface area contributed by atoms with Gasteiger partial charge in [0.15, 0.2) is 0 Å². The first-order valence-corrected chi connectivity index (χ1v) is 13.3. The summed E-state index contributed by atoms with van der Waals surface area (Å²) in [5, 5.41) is 0. The molecule has 0 fully saturated rings. The Morgan fingerprint density at radius 1 is 0.581 bits per heavy atom. The average Bonchev–Trinajstić information content (AvgIpc) is 2.52. The SMILES string of the molecule is CC(CC(C)(C)C)C(CN)CC(C(C)CC(C)(C)C)C(CCCN)C(C)CC(C)(C)C. The lowest BCUT2D eigenvalue weighted by molar-refractivity contribution is 0.0767. The molecule has 0 amide bonds. The lowest BCUT2D eigenvalue weighted by Crippen LogP contribution is -2.36. The van der Waals surface area contributed by atoms with Crippen LogP contribution in [0.15, 0.2) is 0 Å². The van der Waals surface area contributed by atoms with Gasteiger partial charge in [0, 0.05) is 0 Å². The van der Waals surface area contributed by atoms with Gasteiger partial charge in [0.25, 0.3) is 0 Å². The monoisotopic (exact) mass is 438 g/mol. The lowest BCUT2D eigenvalue weighted by Gasteiger charge is -2.42. The number of nitrogens with two attached hydrogens (primary N) is 2. The van der Waals surface area contributed by atoms with Gasteiger partial charge in [0.1, 0.15) is 0 Å². The fourth-order valence-corrected chi connectivity index (χ4v) is 6.38. The molecular weight excluding hydrogens is 376 g/mol. The Balaban J connectivity index is 5.92. The predicted octanol–water partition coefficient (Wildman–Crippen LogP) is 8.14. The summed E-state index contributed by atoms with van der Waals surface area (Å²) in [5.74, 6) is 4.16. The number of rotatable bonds is 13. The first-order valence-electron chi connectivity index (χ1n) is 13.3. The summed E-state index contributed by atoms with van der Waals surface area (Å²) in [6, 6.07) is 0. The van der Waals surface area contributed by atoms with Crippen LogP contribution in [0.4, 0.5) is 0 Å². The van der Waals surface area contributed by atoms with Gasteiger partial charge in [-0.05, 0) is 103 Å². The van der Waals surface area contributed by atoms with E-state index in [1.54, 1.807) is 0 Å². The topological polar surface area (TPSA) is 52.0 Å². The minimum atomic E-state index is 0.359. The van der Waals surface area contributed by atoms with E-state index in [0.717, 1.165) is 37.3 Å². The van der Waals surface area contributed by atoms with Crippen LogP contribution in [0.2, 0.25) is 0 Å². The van der Waals surface area contributed by atoms with Gasteiger partial charge < -0.3 is 11.5 Å². The molecule has 0 aromatic heterocycles. The van der Waals surface area contributed by atoms with Crippen LogP contribution in [0.5, 0.6) is 0 Å². The molecule has 0 radical (unpaired) electrons. The molecule has 0 spiro atoms. The van der Waals surface area contributed by atoms with Crippen LogP contribution >= 0.6 is 0 Å². The highest BCUT2D eigenvalue weighted by atomic mass is 14.6. The maximum absolute atomic E-state index is 6.43. The van der Waals surface area contributed by atoms with Gasteiger partial charge in [0.2, 0.25) is 0 Å². The fraction of sp³-hybridized carbons (Fsp3) is 1.00. The van der Waals surface area contributed by atoms with Crippen LogP contribution in [-0.2, 0) is 0 Å². The lowest BCUT2D eigenvalue weighted by atomic mass is 9.63. The maximum atomic E-state index is 6.43. The van der Waals surface area contributed by atoms with Gasteiger partial charge in [-0.15, -0.1) is 0 Å². The minimum Gasteiger partial charge on any atom is -0.330 e. The van der Waals surface area contributed by atoms with Gasteiger partial charge >= 0.3 is 0 Å². The molecule has 2 nitrogen and oxygen atoms in total. The summed E-state index contributed by atoms with van der Waals surface area (Å²) < 4.78 is 0. The van der Waals surface area contributed by atoms with Crippen LogP contribution in [0.1, 0.15) is 122 Å². The molecule has 0 aromatic carbocycles. The second-order valence-electron chi connectivity index (χ2n) is 14.7. The molecule has 0 saturated carbocycles. The average molecular weight is 439 g/mol. The zero-order valence-electron chi connectivity index (χ0n) is 23.8. The molecule has 188 valence electrons. The highest BCUT2D eigenvalue weighted by Gasteiger charge is 2.36. The molecule has 0 aliphatic heterocycles. The molecule has 4 N–H and O–H groups in total. The Morgan fingerprint density at radius 2 is 0.968 bits per heavy atom. The number of hydrogen-bond acceptors (Lipinski definition) is 2. The van der Waals surface area contributed by atoms with Crippen molar-refractivity contribution in [2.24, 2.45) is 63.2 Å². The molecule has 2 heteroatoms. The third-order valence-corrected chi connectivity index (χ3v) is 7.24. The second kappa shape index (κ2) is 13.0. The summed E-state index contributed by atoms with van der Waals surface area (Å²) in [6.45, 7) is 30.6. The van der Waals surface area contributed by atoms with Crippen molar-refractivity contribution in [1.29, 1.82) is 0 Å². The summed E-state index contributed by atoms with van der Waals surface area (Å²) in [5.41, 5.74) is 13.5. The molecule has 0 saturated heterocycles. The highest BCUT2D eigenvalue weighted by Crippen LogP contribution is 2.44. The summed E-state index contributed by atoms with van der Waals surface area (Å²) in [4.78, 5) is 0. The van der Waals surface area contributed by atoms with Crippen LogP contribution in [0.25, 0.3) is 0 Å². The Hall–Kier alpha value is -0.0800. The summed E-state index contributed by atoms with van der Waals surface area (Å²) in [6.07, 6.45) is 7.49. The quantitative estimate of drug-likeness (QED) is 0.305. The molecular formula is C29H62N2. The smallest absolute Gasteiger partial charge is 0.00462 e. The van der Waals surface area contributed by atoms with Crippen LogP contribution in [0, 0.1) is 51.8 Å². The van der Waals surface area contributed by atoms with E-state index in [1.165, 1.54) is 32.1 Å². The molecule has 31 heavy (non-hydrogen) atoms. The Labute approximate surface area is 198 Å². The standard InChI is InChI=1S/C29H62N2/c1-21(17-27(4,5)6)24(20-31)16-26(23(3)19-29(10,11)12)25(14-13-15-30)22(2)18-28(7,8)9/h21-26H,13-20,30-31H2,1-12H3. The normalized spacial score (nSPS) is 19.5. The van der Waals surface area contributed by atoms with Crippen molar-refractivity contribution in [2.45, 2.75) is 122 Å². The van der Waals surface area contributed by atoms with E-state index in [0.29, 0.717) is 34.0 Å². The van der Waals surface area contributed by atoms with Crippen molar-refractivity contribution in [2.75, 3.05) is 13.1 Å². The Bertz CT molecular complexity index is 463. The van der Waals surface area contributed by atoms with Gasteiger partial charge in [-0.3, -0.25) is 0 Å². The zero-order chi connectivity index (χ0) is 24.6. The van der Waals surface area contributed by atoms with E-state index in [2.05, 4.69) is 83.1 Å². The van der Waals surface area contributed by atoms with E-state index in [4.69, 9.17) is 11.5 Å². The van der Waals surface area contributed by atoms with Crippen molar-refractivity contribution in [3.05, 3.63) is 0 Å². The molecule has 0 aromatic rings. The van der Waals surface area contributed by atoms with Gasteiger partial charge in [-0.2, -0.15) is 0 Å². The molecule has 0 bridgehead atoms. The van der Waals surface area contributed by atoms with Crippen LogP contribution in [-0.4, -0.2) is 13.1 Å². The molecule has 6 atom stereocenters. The molecule has 6 unspecified atom stereocenters. The van der Waals surface area contributed by atoms with E-state index in [9.17, 15) is 0 Å². The third kappa shape index (κ3) is 13.9. The first-order chi connectivity index (χ1) is 13.9. The van der Waals surface area contributed by atoms with Crippen molar-refractivity contribution in [3.8, 4) is 0 Å². The van der Waals surface area contributed by atoms with Crippen LogP contribution < -0.4 is 11.5 Å². The molecule has 0 aliphatic rings. The van der Waals surface area contributed by atoms with Crippen molar-refractivity contribution in [3.63, 3.8) is 0 Å².